The fraction of sp³-hybridized carbons (Fsp3) is 0.571. The molecule has 0 aromatic heterocycles. The molecule has 88 valence electrons. The second kappa shape index (κ2) is 4.98. The Morgan fingerprint density at radius 2 is 2.06 bits per heavy atom. The van der Waals surface area contributed by atoms with Crippen LogP contribution in [-0.4, -0.2) is 24.5 Å². The molecule has 1 aliphatic carbocycles. The average molecular weight is 218 g/mol. The lowest BCUT2D eigenvalue weighted by Gasteiger charge is -2.36. The average Bonchev–Trinajstić information content (AvgIpc) is 2.15. The smallest absolute Gasteiger partial charge is 0.0426 e. The van der Waals surface area contributed by atoms with Gasteiger partial charge in [0.1, 0.15) is 0 Å². The van der Waals surface area contributed by atoms with Crippen molar-refractivity contribution in [2.24, 2.45) is 5.73 Å². The van der Waals surface area contributed by atoms with Crippen molar-refractivity contribution in [3.8, 4) is 0 Å². The van der Waals surface area contributed by atoms with E-state index in [0.29, 0.717) is 0 Å². The van der Waals surface area contributed by atoms with E-state index in [-0.39, 0.29) is 6.04 Å². The molecule has 1 aliphatic rings. The van der Waals surface area contributed by atoms with E-state index in [1.807, 2.05) is 0 Å². The fourth-order valence-corrected chi connectivity index (χ4v) is 2.39. The maximum absolute atomic E-state index is 6.27. The summed E-state index contributed by atoms with van der Waals surface area (Å²) in [5.41, 5.74) is 8.86. The zero-order valence-electron chi connectivity index (χ0n) is 10.3. The van der Waals surface area contributed by atoms with Crippen molar-refractivity contribution in [2.45, 2.75) is 38.3 Å². The quantitative estimate of drug-likeness (QED) is 0.841. The van der Waals surface area contributed by atoms with Crippen LogP contribution in [-0.2, 0) is 0 Å². The van der Waals surface area contributed by atoms with Crippen molar-refractivity contribution >= 4 is 0 Å². The summed E-state index contributed by atoms with van der Waals surface area (Å²) >= 11 is 0. The maximum atomic E-state index is 6.27. The first-order valence-electron chi connectivity index (χ1n) is 6.20. The molecule has 2 heteroatoms. The number of nitrogens with zero attached hydrogens (tertiary/aromatic N) is 1. The Morgan fingerprint density at radius 1 is 1.38 bits per heavy atom. The van der Waals surface area contributed by atoms with Gasteiger partial charge in [0.05, 0.1) is 0 Å². The maximum Gasteiger partial charge on any atom is 0.0426 e. The summed E-state index contributed by atoms with van der Waals surface area (Å²) in [5, 5.41) is 0. The van der Waals surface area contributed by atoms with Gasteiger partial charge in [-0.25, -0.2) is 0 Å². The third-order valence-corrected chi connectivity index (χ3v) is 3.77. The van der Waals surface area contributed by atoms with Crippen LogP contribution in [0.3, 0.4) is 0 Å². The second-order valence-corrected chi connectivity index (χ2v) is 4.99. The van der Waals surface area contributed by atoms with Crippen LogP contribution in [0.15, 0.2) is 24.3 Å². The molecule has 1 atom stereocenters. The Morgan fingerprint density at radius 3 is 2.62 bits per heavy atom. The molecule has 0 radical (unpaired) electrons. The molecule has 0 saturated heterocycles. The fourth-order valence-electron chi connectivity index (χ4n) is 2.39. The van der Waals surface area contributed by atoms with Gasteiger partial charge in [-0.15, -0.1) is 0 Å². The van der Waals surface area contributed by atoms with Crippen LogP contribution >= 0.6 is 0 Å². The van der Waals surface area contributed by atoms with E-state index in [9.17, 15) is 0 Å². The Balaban J connectivity index is 1.96. The van der Waals surface area contributed by atoms with Gasteiger partial charge in [0, 0.05) is 18.6 Å². The molecule has 2 rings (SSSR count). The van der Waals surface area contributed by atoms with Gasteiger partial charge in [-0.3, -0.25) is 0 Å². The van der Waals surface area contributed by atoms with Crippen molar-refractivity contribution < 1.29 is 0 Å². The Labute approximate surface area is 98.4 Å². The van der Waals surface area contributed by atoms with E-state index in [1.165, 1.54) is 30.4 Å². The minimum Gasteiger partial charge on any atom is -0.323 e. The molecule has 2 nitrogen and oxygen atoms in total. The Bertz CT molecular complexity index is 344. The zero-order chi connectivity index (χ0) is 11.5. The van der Waals surface area contributed by atoms with Crippen molar-refractivity contribution in [1.29, 1.82) is 0 Å². The molecular formula is C14H22N2. The van der Waals surface area contributed by atoms with Crippen LogP contribution < -0.4 is 5.73 Å². The van der Waals surface area contributed by atoms with E-state index in [1.54, 1.807) is 0 Å². The lowest BCUT2D eigenvalue weighted by molar-refractivity contribution is 0.151. The molecule has 0 spiro atoms. The molecular weight excluding hydrogens is 196 g/mol. The van der Waals surface area contributed by atoms with E-state index >= 15 is 0 Å². The number of aryl methyl sites for hydroxylation is 1. The number of nitrogens with two attached hydrogens (primary N) is 1. The van der Waals surface area contributed by atoms with Crippen molar-refractivity contribution in [2.75, 3.05) is 13.6 Å². The molecule has 1 aromatic carbocycles. The monoisotopic (exact) mass is 218 g/mol. The highest BCUT2D eigenvalue weighted by Gasteiger charge is 2.23. The lowest BCUT2D eigenvalue weighted by atomic mass is 9.91. The van der Waals surface area contributed by atoms with Crippen LogP contribution in [0.4, 0.5) is 0 Å². The van der Waals surface area contributed by atoms with Gasteiger partial charge < -0.3 is 10.6 Å². The molecule has 0 amide bonds. The van der Waals surface area contributed by atoms with E-state index < -0.39 is 0 Å². The molecule has 1 saturated carbocycles. The largest absolute Gasteiger partial charge is 0.323 e. The molecule has 0 bridgehead atoms. The number of hydrogen-bond acceptors (Lipinski definition) is 2. The van der Waals surface area contributed by atoms with Crippen molar-refractivity contribution in [1.82, 2.24) is 4.90 Å². The highest BCUT2D eigenvalue weighted by molar-refractivity contribution is 5.28. The first kappa shape index (κ1) is 11.6. The third-order valence-electron chi connectivity index (χ3n) is 3.77. The predicted molar refractivity (Wildman–Crippen MR) is 68.4 cm³/mol. The molecule has 1 aromatic rings. The molecule has 16 heavy (non-hydrogen) atoms. The molecule has 2 N–H and O–H groups in total. The Hall–Kier alpha value is -0.860. The van der Waals surface area contributed by atoms with Gasteiger partial charge in [-0.05, 0) is 37.9 Å². The standard InChI is InChI=1S/C14H22N2/c1-11-6-3-4-9-13(11)14(15)10-16(2)12-7-5-8-12/h3-4,6,9,12,14H,5,7-8,10,15H2,1-2H3. The Kier molecular flexibility index (Phi) is 3.62. The van der Waals surface area contributed by atoms with Gasteiger partial charge in [0.25, 0.3) is 0 Å². The zero-order valence-corrected chi connectivity index (χ0v) is 10.3. The minimum absolute atomic E-state index is 0.145. The highest BCUT2D eigenvalue weighted by Crippen LogP contribution is 2.25. The minimum atomic E-state index is 0.145. The highest BCUT2D eigenvalue weighted by atomic mass is 15.1. The summed E-state index contributed by atoms with van der Waals surface area (Å²) in [6.45, 7) is 3.11. The summed E-state index contributed by atoms with van der Waals surface area (Å²) in [7, 11) is 2.20. The summed E-state index contributed by atoms with van der Waals surface area (Å²) in [4.78, 5) is 2.42. The second-order valence-electron chi connectivity index (χ2n) is 4.99. The van der Waals surface area contributed by atoms with E-state index in [2.05, 4.69) is 43.1 Å². The van der Waals surface area contributed by atoms with Gasteiger partial charge in [0.15, 0.2) is 0 Å². The number of rotatable bonds is 4. The number of hydrogen-bond donors (Lipinski definition) is 1. The summed E-state index contributed by atoms with van der Waals surface area (Å²) in [5.74, 6) is 0. The topological polar surface area (TPSA) is 29.3 Å². The van der Waals surface area contributed by atoms with E-state index in [4.69, 9.17) is 5.73 Å². The van der Waals surface area contributed by atoms with Crippen LogP contribution in [0.25, 0.3) is 0 Å². The summed E-state index contributed by atoms with van der Waals surface area (Å²) < 4.78 is 0. The molecule has 0 aliphatic heterocycles. The molecule has 1 fully saturated rings. The molecule has 0 heterocycles. The SMILES string of the molecule is Cc1ccccc1C(N)CN(C)C1CCC1. The first-order chi connectivity index (χ1) is 7.68. The van der Waals surface area contributed by atoms with Crippen molar-refractivity contribution in [3.05, 3.63) is 35.4 Å². The lowest BCUT2D eigenvalue weighted by Crippen LogP contribution is -2.41. The van der Waals surface area contributed by atoms with Gasteiger partial charge in [-0.1, -0.05) is 30.7 Å². The van der Waals surface area contributed by atoms with Crippen molar-refractivity contribution in [3.63, 3.8) is 0 Å². The summed E-state index contributed by atoms with van der Waals surface area (Å²) in [6, 6.07) is 9.35. The normalized spacial score (nSPS) is 18.5. The molecule has 1 unspecified atom stereocenters. The first-order valence-corrected chi connectivity index (χ1v) is 6.20. The van der Waals surface area contributed by atoms with Gasteiger partial charge >= 0.3 is 0 Å². The number of benzene rings is 1. The van der Waals surface area contributed by atoms with Crippen LogP contribution in [0.2, 0.25) is 0 Å². The van der Waals surface area contributed by atoms with Crippen LogP contribution in [0, 0.1) is 6.92 Å². The van der Waals surface area contributed by atoms with Crippen LogP contribution in [0.1, 0.15) is 36.4 Å². The van der Waals surface area contributed by atoms with E-state index in [0.717, 1.165) is 12.6 Å². The predicted octanol–water partition coefficient (Wildman–Crippen LogP) is 2.48. The van der Waals surface area contributed by atoms with Gasteiger partial charge in [-0.2, -0.15) is 0 Å². The van der Waals surface area contributed by atoms with Gasteiger partial charge in [0.2, 0.25) is 0 Å². The number of likely N-dealkylation sites (N-methyl/N-ethyl adjacent to an activating group) is 1. The third kappa shape index (κ3) is 2.45. The summed E-state index contributed by atoms with van der Waals surface area (Å²) in [6.07, 6.45) is 4.07. The van der Waals surface area contributed by atoms with Crippen LogP contribution in [0.5, 0.6) is 0 Å².